The summed E-state index contributed by atoms with van der Waals surface area (Å²) in [7, 11) is 0. The molecule has 0 atom stereocenters. The van der Waals surface area contributed by atoms with Crippen molar-refractivity contribution in [2.24, 2.45) is 21.5 Å². The Balaban J connectivity index is 0.000000616. The van der Waals surface area contributed by atoms with Crippen LogP contribution in [0.15, 0.2) is 40.3 Å². The van der Waals surface area contributed by atoms with Crippen LogP contribution in [0.1, 0.15) is 76.3 Å². The smallest absolute Gasteiger partial charge is 0.475 e. The number of hydrogen-bond donors (Lipinski definition) is 4. The molecule has 0 bridgehead atoms. The Hall–Kier alpha value is -3.94. The molecule has 1 spiro atoms. The van der Waals surface area contributed by atoms with Gasteiger partial charge in [0.1, 0.15) is 0 Å². The van der Waals surface area contributed by atoms with Gasteiger partial charge >= 0.3 is 12.1 Å². The number of rotatable bonds is 10. The van der Waals surface area contributed by atoms with E-state index in [9.17, 15) is 18.0 Å². The first kappa shape index (κ1) is 32.6. The zero-order chi connectivity index (χ0) is 30.8. The number of aliphatic carboxylic acids is 1. The molecule has 1 aliphatic carbocycles. The summed E-state index contributed by atoms with van der Waals surface area (Å²) in [4.78, 5) is 40.4. The van der Waals surface area contributed by atoms with Gasteiger partial charge in [0, 0.05) is 23.2 Å². The molecule has 2 aromatic rings. The molecule has 42 heavy (non-hydrogen) atoms. The number of unbranched alkanes of at least 4 members (excludes halogenated alkanes) is 4. The summed E-state index contributed by atoms with van der Waals surface area (Å²) in [6.45, 7) is 2.53. The maximum absolute atomic E-state index is 12.3. The summed E-state index contributed by atoms with van der Waals surface area (Å²) in [6.07, 6.45) is 5.41. The van der Waals surface area contributed by atoms with Crippen LogP contribution in [-0.4, -0.2) is 57.4 Å². The fourth-order valence-electron chi connectivity index (χ4n) is 4.88. The number of alkyl halides is 3. The molecule has 1 aromatic carbocycles. The summed E-state index contributed by atoms with van der Waals surface area (Å²) in [5.74, 6) is -2.18. The van der Waals surface area contributed by atoms with E-state index in [4.69, 9.17) is 26.2 Å². The van der Waals surface area contributed by atoms with Crippen molar-refractivity contribution in [3.8, 4) is 0 Å². The SMILES string of the molecule is Cc1ccc2cc(NC(=O)CCCCCCCON3C(N)=NC(N)=NC34CCCCC4)ccc2n1.O=C(O)C(F)(F)F. The quantitative estimate of drug-likeness (QED) is 0.279. The Labute approximate surface area is 242 Å². The third kappa shape index (κ3) is 9.57. The topological polar surface area (TPSA) is 169 Å². The number of benzene rings is 1. The van der Waals surface area contributed by atoms with Crippen molar-refractivity contribution in [3.63, 3.8) is 0 Å². The third-order valence-corrected chi connectivity index (χ3v) is 6.92. The van der Waals surface area contributed by atoms with Gasteiger partial charge in [0.15, 0.2) is 5.66 Å². The molecule has 1 saturated carbocycles. The molecule has 1 aromatic heterocycles. The molecule has 14 heteroatoms. The number of guanidine groups is 2. The van der Waals surface area contributed by atoms with Crippen molar-refractivity contribution >= 4 is 40.4 Å². The van der Waals surface area contributed by atoms with Crippen molar-refractivity contribution in [3.05, 3.63) is 36.0 Å². The zero-order valence-corrected chi connectivity index (χ0v) is 23.6. The second kappa shape index (κ2) is 14.8. The van der Waals surface area contributed by atoms with Gasteiger partial charge in [-0.05, 0) is 69.7 Å². The first-order chi connectivity index (χ1) is 19.9. The maximum Gasteiger partial charge on any atom is 0.490 e. The largest absolute Gasteiger partial charge is 0.490 e. The second-order valence-electron chi connectivity index (χ2n) is 10.3. The number of hydroxylamine groups is 2. The molecule has 6 N–H and O–H groups in total. The van der Waals surface area contributed by atoms with Gasteiger partial charge in [-0.15, -0.1) is 0 Å². The molecular formula is C28H38F3N7O4. The van der Waals surface area contributed by atoms with Crippen LogP contribution in [0.3, 0.4) is 0 Å². The van der Waals surface area contributed by atoms with E-state index < -0.39 is 17.8 Å². The monoisotopic (exact) mass is 593 g/mol. The number of carboxylic acids is 1. The second-order valence-corrected chi connectivity index (χ2v) is 10.3. The van der Waals surface area contributed by atoms with E-state index in [-0.39, 0.29) is 11.9 Å². The Bertz CT molecular complexity index is 1290. The number of anilines is 1. The number of nitrogens with one attached hydrogen (secondary N) is 1. The fourth-order valence-corrected chi connectivity index (χ4v) is 4.88. The molecule has 1 fully saturated rings. The van der Waals surface area contributed by atoms with Crippen LogP contribution >= 0.6 is 0 Å². The van der Waals surface area contributed by atoms with Gasteiger partial charge in [-0.2, -0.15) is 23.2 Å². The van der Waals surface area contributed by atoms with Crippen LogP contribution in [0.2, 0.25) is 0 Å². The van der Waals surface area contributed by atoms with Crippen molar-refractivity contribution in [1.29, 1.82) is 0 Å². The van der Waals surface area contributed by atoms with Gasteiger partial charge < -0.3 is 21.9 Å². The minimum Gasteiger partial charge on any atom is -0.475 e. The highest BCUT2D eigenvalue weighted by atomic mass is 19.4. The average molecular weight is 594 g/mol. The number of aliphatic imine (C=N–C) groups is 2. The van der Waals surface area contributed by atoms with Gasteiger partial charge in [-0.25, -0.2) is 9.79 Å². The van der Waals surface area contributed by atoms with Crippen molar-refractivity contribution in [2.45, 2.75) is 89.4 Å². The van der Waals surface area contributed by atoms with Crippen molar-refractivity contribution < 1.29 is 32.7 Å². The number of pyridine rings is 1. The molecule has 230 valence electrons. The fraction of sp³-hybridized carbons (Fsp3) is 0.536. The first-order valence-corrected chi connectivity index (χ1v) is 14.0. The molecule has 0 saturated heterocycles. The number of carbonyl (C=O) groups excluding carboxylic acids is 1. The lowest BCUT2D eigenvalue weighted by atomic mass is 9.89. The molecule has 0 unspecified atom stereocenters. The van der Waals surface area contributed by atoms with Gasteiger partial charge in [0.25, 0.3) is 0 Å². The minimum atomic E-state index is -5.08. The molecular weight excluding hydrogens is 555 g/mol. The highest BCUT2D eigenvalue weighted by molar-refractivity contribution is 5.95. The summed E-state index contributed by atoms with van der Waals surface area (Å²) in [5.41, 5.74) is 14.2. The molecule has 2 heterocycles. The highest BCUT2D eigenvalue weighted by Gasteiger charge is 2.43. The number of carbonyl (C=O) groups is 2. The molecule has 4 rings (SSSR count). The van der Waals surface area contributed by atoms with Gasteiger partial charge in [0.05, 0.1) is 12.1 Å². The van der Waals surface area contributed by atoms with Crippen LogP contribution in [0, 0.1) is 6.92 Å². The number of amides is 1. The molecule has 0 radical (unpaired) electrons. The molecule has 11 nitrogen and oxygen atoms in total. The van der Waals surface area contributed by atoms with Crippen LogP contribution in [-0.2, 0) is 14.4 Å². The van der Waals surface area contributed by atoms with Crippen LogP contribution < -0.4 is 16.8 Å². The van der Waals surface area contributed by atoms with Crippen LogP contribution in [0.5, 0.6) is 0 Å². The highest BCUT2D eigenvalue weighted by Crippen LogP contribution is 2.36. The number of hydrogen-bond acceptors (Lipinski definition) is 9. The predicted octanol–water partition coefficient (Wildman–Crippen LogP) is 4.99. The zero-order valence-electron chi connectivity index (χ0n) is 23.6. The van der Waals surface area contributed by atoms with E-state index >= 15 is 0 Å². The average Bonchev–Trinajstić information content (AvgIpc) is 2.91. The number of halogens is 3. The maximum atomic E-state index is 12.3. The summed E-state index contributed by atoms with van der Waals surface area (Å²) in [6, 6.07) is 9.83. The van der Waals surface area contributed by atoms with E-state index in [0.29, 0.717) is 19.0 Å². The Morgan fingerprint density at radius 2 is 1.71 bits per heavy atom. The van der Waals surface area contributed by atoms with Gasteiger partial charge in [-0.3, -0.25) is 14.6 Å². The number of fused-ring (bicyclic) bond motifs is 1. The lowest BCUT2D eigenvalue weighted by Crippen LogP contribution is -2.57. The summed E-state index contributed by atoms with van der Waals surface area (Å²) < 4.78 is 31.7. The Morgan fingerprint density at radius 1 is 1.05 bits per heavy atom. The number of aromatic nitrogens is 1. The van der Waals surface area contributed by atoms with E-state index in [1.54, 1.807) is 5.06 Å². The third-order valence-electron chi connectivity index (χ3n) is 6.92. The van der Waals surface area contributed by atoms with E-state index in [0.717, 1.165) is 80.1 Å². The van der Waals surface area contributed by atoms with E-state index in [2.05, 4.69) is 20.3 Å². The summed E-state index contributed by atoms with van der Waals surface area (Å²) >= 11 is 0. The van der Waals surface area contributed by atoms with Gasteiger partial charge in [0.2, 0.25) is 17.8 Å². The predicted molar refractivity (Wildman–Crippen MR) is 153 cm³/mol. The number of aryl methyl sites for hydroxylation is 1. The summed E-state index contributed by atoms with van der Waals surface area (Å²) in [5, 5.41) is 12.8. The first-order valence-electron chi connectivity index (χ1n) is 14.0. The lowest BCUT2D eigenvalue weighted by molar-refractivity contribution is -0.192. The number of nitrogens with two attached hydrogens (primary N) is 2. The Morgan fingerprint density at radius 3 is 2.40 bits per heavy atom. The van der Waals surface area contributed by atoms with Crippen molar-refractivity contribution in [1.82, 2.24) is 10.0 Å². The van der Waals surface area contributed by atoms with Crippen molar-refractivity contribution in [2.75, 3.05) is 11.9 Å². The Kier molecular flexibility index (Phi) is 11.5. The number of carboxylic acid groups (broad SMARTS) is 1. The van der Waals surface area contributed by atoms with Crippen LogP contribution in [0.25, 0.3) is 10.9 Å². The van der Waals surface area contributed by atoms with Crippen LogP contribution in [0.4, 0.5) is 18.9 Å². The van der Waals surface area contributed by atoms with Gasteiger partial charge in [-0.1, -0.05) is 31.7 Å². The number of nitrogens with zero attached hydrogens (tertiary/aromatic N) is 4. The normalized spacial score (nSPS) is 16.3. The molecule has 1 aliphatic heterocycles. The standard InChI is InChI=1S/C26H37N7O2.C2HF3O2/c1-19-11-12-20-18-21(13-14-22(20)29-19)30-23(34)10-6-3-2-4-9-17-35-33-25(28)31-24(27)32-26(33)15-7-5-8-16-26;3-2(4,5)1(6)7/h11-14,18H,2-10,15-17H2,1H3,(H,30,34)(H4,27,28,31,32);(H,6,7). The molecule has 1 amide bonds. The minimum absolute atomic E-state index is 0.0465. The van der Waals surface area contributed by atoms with E-state index in [1.807, 2.05) is 37.3 Å². The lowest BCUT2D eigenvalue weighted by Gasteiger charge is -2.44. The van der Waals surface area contributed by atoms with E-state index in [1.165, 1.54) is 6.42 Å². The molecule has 2 aliphatic rings.